The predicted molar refractivity (Wildman–Crippen MR) is 64.5 cm³/mol. The highest BCUT2D eigenvalue weighted by atomic mass is 16.5. The summed E-state index contributed by atoms with van der Waals surface area (Å²) < 4.78 is 13.3. The summed E-state index contributed by atoms with van der Waals surface area (Å²) in [5.74, 6) is 0. The van der Waals surface area contributed by atoms with Gasteiger partial charge in [-0.2, -0.15) is 5.10 Å². The van der Waals surface area contributed by atoms with Crippen LogP contribution in [0.3, 0.4) is 0 Å². The Balaban J connectivity index is 1.90. The van der Waals surface area contributed by atoms with Gasteiger partial charge in [-0.3, -0.25) is 4.68 Å². The first kappa shape index (κ1) is 12.5. The Morgan fingerprint density at radius 2 is 2.53 bits per heavy atom. The van der Waals surface area contributed by atoms with Crippen LogP contribution < -0.4 is 5.73 Å². The summed E-state index contributed by atoms with van der Waals surface area (Å²) in [4.78, 5) is 0. The van der Waals surface area contributed by atoms with Gasteiger partial charge in [-0.05, 0) is 19.8 Å². The summed E-state index contributed by atoms with van der Waals surface area (Å²) in [5, 5.41) is 4.22. The number of aromatic nitrogens is 2. The third-order valence-electron chi connectivity index (χ3n) is 3.21. The molecule has 0 amide bonds. The SMILES string of the molecule is CCn1cc(COC2(CN)CCCOC2)cn1. The van der Waals surface area contributed by atoms with Gasteiger partial charge in [0.2, 0.25) is 0 Å². The number of nitrogens with zero attached hydrogens (tertiary/aromatic N) is 2. The van der Waals surface area contributed by atoms with Crippen molar-refractivity contribution >= 4 is 0 Å². The molecule has 0 radical (unpaired) electrons. The summed E-state index contributed by atoms with van der Waals surface area (Å²) in [5.41, 5.74) is 6.60. The number of nitrogens with two attached hydrogens (primary N) is 1. The standard InChI is InChI=1S/C12H21N3O2/c1-2-15-7-11(6-14-15)8-17-12(9-13)4-3-5-16-10-12/h6-7H,2-5,8-10,13H2,1H3. The molecule has 1 unspecified atom stereocenters. The number of rotatable bonds is 5. The molecule has 5 heteroatoms. The molecule has 1 fully saturated rings. The fourth-order valence-electron chi connectivity index (χ4n) is 2.05. The second-order valence-electron chi connectivity index (χ2n) is 4.54. The molecule has 0 spiro atoms. The van der Waals surface area contributed by atoms with Crippen LogP contribution in [-0.2, 0) is 22.6 Å². The maximum absolute atomic E-state index is 5.96. The minimum Gasteiger partial charge on any atom is -0.378 e. The van der Waals surface area contributed by atoms with Crippen molar-refractivity contribution in [2.75, 3.05) is 19.8 Å². The van der Waals surface area contributed by atoms with E-state index >= 15 is 0 Å². The summed E-state index contributed by atoms with van der Waals surface area (Å²) in [6, 6.07) is 0. The van der Waals surface area contributed by atoms with Crippen molar-refractivity contribution < 1.29 is 9.47 Å². The molecule has 96 valence electrons. The van der Waals surface area contributed by atoms with Crippen LogP contribution in [-0.4, -0.2) is 35.1 Å². The van der Waals surface area contributed by atoms with Gasteiger partial charge in [-0.25, -0.2) is 0 Å². The van der Waals surface area contributed by atoms with E-state index in [1.165, 1.54) is 0 Å². The van der Waals surface area contributed by atoms with Crippen molar-refractivity contribution in [3.63, 3.8) is 0 Å². The Kier molecular flexibility index (Phi) is 4.15. The van der Waals surface area contributed by atoms with Crippen molar-refractivity contribution in [2.24, 2.45) is 5.73 Å². The Hall–Kier alpha value is -0.910. The van der Waals surface area contributed by atoms with E-state index in [-0.39, 0.29) is 5.60 Å². The first-order valence-corrected chi connectivity index (χ1v) is 6.21. The summed E-state index contributed by atoms with van der Waals surface area (Å²) in [6.45, 7) is 5.43. The normalized spacial score (nSPS) is 25.1. The van der Waals surface area contributed by atoms with Gasteiger partial charge in [0.25, 0.3) is 0 Å². The lowest BCUT2D eigenvalue weighted by molar-refractivity contribution is -0.130. The molecule has 0 aliphatic carbocycles. The monoisotopic (exact) mass is 239 g/mol. The Morgan fingerprint density at radius 3 is 3.12 bits per heavy atom. The molecule has 0 aromatic carbocycles. The largest absolute Gasteiger partial charge is 0.378 e. The number of aryl methyl sites for hydroxylation is 1. The van der Waals surface area contributed by atoms with Crippen molar-refractivity contribution in [1.82, 2.24) is 9.78 Å². The van der Waals surface area contributed by atoms with Crippen LogP contribution in [0.4, 0.5) is 0 Å². The molecule has 2 rings (SSSR count). The van der Waals surface area contributed by atoms with Crippen LogP contribution in [0, 0.1) is 0 Å². The lowest BCUT2D eigenvalue weighted by Crippen LogP contribution is -2.47. The van der Waals surface area contributed by atoms with E-state index in [2.05, 4.69) is 12.0 Å². The minimum absolute atomic E-state index is 0.299. The lowest BCUT2D eigenvalue weighted by Gasteiger charge is -2.35. The third kappa shape index (κ3) is 3.06. The van der Waals surface area contributed by atoms with E-state index < -0.39 is 0 Å². The van der Waals surface area contributed by atoms with Crippen molar-refractivity contribution in [3.05, 3.63) is 18.0 Å². The maximum Gasteiger partial charge on any atom is 0.104 e. The van der Waals surface area contributed by atoms with E-state index in [4.69, 9.17) is 15.2 Å². The van der Waals surface area contributed by atoms with E-state index in [1.807, 2.05) is 17.1 Å². The molecule has 0 bridgehead atoms. The Morgan fingerprint density at radius 1 is 1.65 bits per heavy atom. The van der Waals surface area contributed by atoms with Gasteiger partial charge in [0.05, 0.1) is 19.4 Å². The molecule has 2 heterocycles. The number of hydrogen-bond donors (Lipinski definition) is 1. The second-order valence-corrected chi connectivity index (χ2v) is 4.54. The average molecular weight is 239 g/mol. The van der Waals surface area contributed by atoms with Crippen molar-refractivity contribution in [2.45, 2.75) is 38.5 Å². The summed E-state index contributed by atoms with van der Waals surface area (Å²) in [6.07, 6.45) is 5.85. The minimum atomic E-state index is -0.299. The van der Waals surface area contributed by atoms with Crippen LogP contribution in [0.25, 0.3) is 0 Å². The fourth-order valence-corrected chi connectivity index (χ4v) is 2.05. The molecule has 1 saturated heterocycles. The van der Waals surface area contributed by atoms with Gasteiger partial charge in [0.1, 0.15) is 5.60 Å². The summed E-state index contributed by atoms with van der Waals surface area (Å²) >= 11 is 0. The van der Waals surface area contributed by atoms with Crippen molar-refractivity contribution in [1.29, 1.82) is 0 Å². The molecular weight excluding hydrogens is 218 g/mol. The molecule has 5 nitrogen and oxygen atoms in total. The van der Waals surface area contributed by atoms with E-state index in [0.29, 0.717) is 19.8 Å². The quantitative estimate of drug-likeness (QED) is 0.830. The fraction of sp³-hybridized carbons (Fsp3) is 0.750. The van der Waals surface area contributed by atoms with Crippen molar-refractivity contribution in [3.8, 4) is 0 Å². The molecule has 1 aliphatic heterocycles. The van der Waals surface area contributed by atoms with Crippen LogP contribution in [0.1, 0.15) is 25.3 Å². The van der Waals surface area contributed by atoms with Crippen LogP contribution >= 0.6 is 0 Å². The number of ether oxygens (including phenoxy) is 2. The van der Waals surface area contributed by atoms with Gasteiger partial charge in [0.15, 0.2) is 0 Å². The van der Waals surface area contributed by atoms with E-state index in [9.17, 15) is 0 Å². The molecule has 2 N–H and O–H groups in total. The first-order chi connectivity index (χ1) is 8.28. The molecule has 1 atom stereocenters. The second kappa shape index (κ2) is 5.62. The molecule has 1 aromatic heterocycles. The molecular formula is C12H21N3O2. The number of hydrogen-bond acceptors (Lipinski definition) is 4. The molecule has 17 heavy (non-hydrogen) atoms. The van der Waals surface area contributed by atoms with Crippen LogP contribution in [0.2, 0.25) is 0 Å². The van der Waals surface area contributed by atoms with Gasteiger partial charge in [0, 0.05) is 31.5 Å². The van der Waals surface area contributed by atoms with Gasteiger partial charge in [-0.1, -0.05) is 0 Å². The Labute approximate surface area is 102 Å². The van der Waals surface area contributed by atoms with Gasteiger partial charge in [-0.15, -0.1) is 0 Å². The molecule has 1 aliphatic rings. The van der Waals surface area contributed by atoms with E-state index in [0.717, 1.165) is 31.6 Å². The topological polar surface area (TPSA) is 62.3 Å². The molecule has 1 aromatic rings. The molecule has 0 saturated carbocycles. The van der Waals surface area contributed by atoms with Crippen LogP contribution in [0.15, 0.2) is 12.4 Å². The highest BCUT2D eigenvalue weighted by molar-refractivity contribution is 5.02. The van der Waals surface area contributed by atoms with Gasteiger partial charge >= 0.3 is 0 Å². The lowest BCUT2D eigenvalue weighted by atomic mass is 9.96. The predicted octanol–water partition coefficient (Wildman–Crippen LogP) is 0.927. The van der Waals surface area contributed by atoms with E-state index in [1.54, 1.807) is 0 Å². The Bertz CT molecular complexity index is 345. The zero-order chi connectivity index (χ0) is 12.1. The zero-order valence-electron chi connectivity index (χ0n) is 10.4. The highest BCUT2D eigenvalue weighted by Crippen LogP contribution is 2.23. The summed E-state index contributed by atoms with van der Waals surface area (Å²) in [7, 11) is 0. The first-order valence-electron chi connectivity index (χ1n) is 6.21. The highest BCUT2D eigenvalue weighted by Gasteiger charge is 2.32. The zero-order valence-corrected chi connectivity index (χ0v) is 10.4. The van der Waals surface area contributed by atoms with Gasteiger partial charge < -0.3 is 15.2 Å². The third-order valence-corrected chi connectivity index (χ3v) is 3.21. The smallest absolute Gasteiger partial charge is 0.104 e. The van der Waals surface area contributed by atoms with Crippen LogP contribution in [0.5, 0.6) is 0 Å². The average Bonchev–Trinajstić information content (AvgIpc) is 2.85. The maximum atomic E-state index is 5.96.